The van der Waals surface area contributed by atoms with E-state index in [-0.39, 0.29) is 5.82 Å². The van der Waals surface area contributed by atoms with Crippen LogP contribution in [-0.4, -0.2) is 10.2 Å². The van der Waals surface area contributed by atoms with Crippen molar-refractivity contribution >= 4 is 28.4 Å². The molecule has 5 heteroatoms. The van der Waals surface area contributed by atoms with Gasteiger partial charge in [-0.1, -0.05) is 30.3 Å². The Balaban J connectivity index is 2.23. The van der Waals surface area contributed by atoms with Crippen LogP contribution in [0.5, 0.6) is 0 Å². The summed E-state index contributed by atoms with van der Waals surface area (Å²) in [6.45, 7) is 0. The molecule has 0 radical (unpaired) electrons. The van der Waals surface area contributed by atoms with Crippen LogP contribution in [-0.2, 0) is 0 Å². The molecule has 0 fully saturated rings. The Hall–Kier alpha value is -1.89. The van der Waals surface area contributed by atoms with Crippen LogP contribution >= 0.6 is 22.6 Å². The number of benzene rings is 2. The van der Waals surface area contributed by atoms with E-state index in [0.717, 1.165) is 14.8 Å². The maximum absolute atomic E-state index is 14.0. The molecule has 1 aromatic heterocycles. The van der Waals surface area contributed by atoms with E-state index in [0.29, 0.717) is 16.9 Å². The standard InChI is InChI=1S/C15H11FIN3/c16-12-7-2-1-6-11(12)13-14(19-20-15(13)18)9-4-3-5-10(17)8-9/h1-8H,(H3,18,19,20). The van der Waals surface area contributed by atoms with E-state index in [1.54, 1.807) is 18.2 Å². The Bertz CT molecular complexity index is 767. The van der Waals surface area contributed by atoms with E-state index in [9.17, 15) is 4.39 Å². The molecule has 3 nitrogen and oxygen atoms in total. The lowest BCUT2D eigenvalue weighted by atomic mass is 10.0. The van der Waals surface area contributed by atoms with Gasteiger partial charge in [0.25, 0.3) is 0 Å². The summed E-state index contributed by atoms with van der Waals surface area (Å²) in [5, 5.41) is 6.92. The number of aromatic nitrogens is 2. The van der Waals surface area contributed by atoms with Gasteiger partial charge in [0.05, 0.1) is 11.3 Å². The second-order valence-electron chi connectivity index (χ2n) is 4.35. The van der Waals surface area contributed by atoms with Crippen LogP contribution in [0.15, 0.2) is 48.5 Å². The first-order valence-electron chi connectivity index (χ1n) is 6.01. The average Bonchev–Trinajstić information content (AvgIpc) is 2.81. The first kappa shape index (κ1) is 13.1. The molecule has 3 N–H and O–H groups in total. The van der Waals surface area contributed by atoms with E-state index in [4.69, 9.17) is 5.73 Å². The summed E-state index contributed by atoms with van der Waals surface area (Å²) in [6.07, 6.45) is 0. The van der Waals surface area contributed by atoms with Gasteiger partial charge in [-0.3, -0.25) is 5.10 Å². The fraction of sp³-hybridized carbons (Fsp3) is 0. The van der Waals surface area contributed by atoms with Crippen molar-refractivity contribution in [3.8, 4) is 22.4 Å². The Kier molecular flexibility index (Phi) is 3.43. The largest absolute Gasteiger partial charge is 0.382 e. The lowest BCUT2D eigenvalue weighted by Gasteiger charge is -2.06. The van der Waals surface area contributed by atoms with Crippen LogP contribution in [0.25, 0.3) is 22.4 Å². The third kappa shape index (κ3) is 2.29. The van der Waals surface area contributed by atoms with Gasteiger partial charge in [0.1, 0.15) is 5.82 Å². The maximum Gasteiger partial charge on any atom is 0.153 e. The van der Waals surface area contributed by atoms with Crippen LogP contribution in [0.1, 0.15) is 0 Å². The van der Waals surface area contributed by atoms with E-state index in [1.807, 2.05) is 24.3 Å². The van der Waals surface area contributed by atoms with Crippen molar-refractivity contribution in [1.29, 1.82) is 0 Å². The molecule has 20 heavy (non-hydrogen) atoms. The zero-order chi connectivity index (χ0) is 14.1. The number of nitrogens with zero attached hydrogens (tertiary/aromatic N) is 1. The highest BCUT2D eigenvalue weighted by molar-refractivity contribution is 14.1. The Morgan fingerprint density at radius 3 is 2.65 bits per heavy atom. The predicted molar refractivity (Wildman–Crippen MR) is 86.5 cm³/mol. The Morgan fingerprint density at radius 2 is 1.90 bits per heavy atom. The van der Waals surface area contributed by atoms with Crippen molar-refractivity contribution < 1.29 is 4.39 Å². The summed E-state index contributed by atoms with van der Waals surface area (Å²) in [5.41, 5.74) is 8.62. The fourth-order valence-corrected chi connectivity index (χ4v) is 2.69. The monoisotopic (exact) mass is 379 g/mol. The quantitative estimate of drug-likeness (QED) is 0.660. The second kappa shape index (κ2) is 5.24. The SMILES string of the molecule is Nc1n[nH]c(-c2cccc(I)c2)c1-c1ccccc1F. The van der Waals surface area contributed by atoms with Crippen molar-refractivity contribution in [1.82, 2.24) is 10.2 Å². The lowest BCUT2D eigenvalue weighted by molar-refractivity contribution is 0.631. The van der Waals surface area contributed by atoms with Crippen molar-refractivity contribution in [2.75, 3.05) is 5.73 Å². The summed E-state index contributed by atoms with van der Waals surface area (Å²) in [6, 6.07) is 14.4. The highest BCUT2D eigenvalue weighted by atomic mass is 127. The fourth-order valence-electron chi connectivity index (χ4n) is 2.15. The molecule has 1 heterocycles. The molecule has 0 amide bonds. The molecule has 2 aromatic carbocycles. The third-order valence-electron chi connectivity index (χ3n) is 3.05. The van der Waals surface area contributed by atoms with Gasteiger partial charge in [-0.25, -0.2) is 4.39 Å². The molecule has 0 saturated carbocycles. The number of hydrogen-bond donors (Lipinski definition) is 2. The molecule has 100 valence electrons. The smallest absolute Gasteiger partial charge is 0.153 e. The van der Waals surface area contributed by atoms with Crippen LogP contribution in [0, 0.1) is 9.39 Å². The molecule has 0 atom stereocenters. The molecule has 3 rings (SSSR count). The minimum Gasteiger partial charge on any atom is -0.382 e. The average molecular weight is 379 g/mol. The first-order chi connectivity index (χ1) is 9.66. The first-order valence-corrected chi connectivity index (χ1v) is 7.09. The second-order valence-corrected chi connectivity index (χ2v) is 5.59. The molecule has 0 aliphatic rings. The van der Waals surface area contributed by atoms with Crippen molar-refractivity contribution in [3.05, 3.63) is 57.9 Å². The highest BCUT2D eigenvalue weighted by Gasteiger charge is 2.17. The van der Waals surface area contributed by atoms with Gasteiger partial charge in [-0.15, -0.1) is 0 Å². The molecule has 0 unspecified atom stereocenters. The lowest BCUT2D eigenvalue weighted by Crippen LogP contribution is -1.91. The molecule has 0 aliphatic heterocycles. The number of anilines is 1. The van der Waals surface area contributed by atoms with Gasteiger partial charge >= 0.3 is 0 Å². The molecule has 0 spiro atoms. The van der Waals surface area contributed by atoms with E-state index in [2.05, 4.69) is 32.8 Å². The predicted octanol–water partition coefficient (Wildman–Crippen LogP) is 4.07. The Morgan fingerprint density at radius 1 is 1.10 bits per heavy atom. The van der Waals surface area contributed by atoms with Gasteiger partial charge in [0, 0.05) is 14.7 Å². The zero-order valence-corrected chi connectivity index (χ0v) is 12.6. The topological polar surface area (TPSA) is 54.7 Å². The molecule has 0 saturated heterocycles. The van der Waals surface area contributed by atoms with E-state index < -0.39 is 0 Å². The Labute approximate surface area is 129 Å². The summed E-state index contributed by atoms with van der Waals surface area (Å²) in [5.74, 6) is -0.0172. The highest BCUT2D eigenvalue weighted by Crippen LogP contribution is 2.36. The normalized spacial score (nSPS) is 10.7. The summed E-state index contributed by atoms with van der Waals surface area (Å²) < 4.78 is 15.1. The van der Waals surface area contributed by atoms with Gasteiger partial charge in [-0.05, 0) is 40.8 Å². The number of halogens is 2. The number of H-pyrrole nitrogens is 1. The number of nitrogen functional groups attached to an aromatic ring is 1. The molecule has 0 aliphatic carbocycles. The maximum atomic E-state index is 14.0. The summed E-state index contributed by atoms with van der Waals surface area (Å²) in [7, 11) is 0. The molecule has 3 aromatic rings. The van der Waals surface area contributed by atoms with Crippen molar-refractivity contribution in [2.24, 2.45) is 0 Å². The van der Waals surface area contributed by atoms with Gasteiger partial charge in [0.15, 0.2) is 5.82 Å². The minimum absolute atomic E-state index is 0.295. The van der Waals surface area contributed by atoms with Crippen LogP contribution in [0.4, 0.5) is 10.2 Å². The molecular weight excluding hydrogens is 368 g/mol. The van der Waals surface area contributed by atoms with Crippen LogP contribution in [0.2, 0.25) is 0 Å². The van der Waals surface area contributed by atoms with E-state index in [1.165, 1.54) is 6.07 Å². The van der Waals surface area contributed by atoms with Crippen LogP contribution < -0.4 is 5.73 Å². The molecular formula is C15H11FIN3. The molecule has 0 bridgehead atoms. The third-order valence-corrected chi connectivity index (χ3v) is 3.72. The number of aromatic amines is 1. The number of nitrogens with two attached hydrogens (primary N) is 1. The van der Waals surface area contributed by atoms with E-state index >= 15 is 0 Å². The van der Waals surface area contributed by atoms with Crippen molar-refractivity contribution in [2.45, 2.75) is 0 Å². The van der Waals surface area contributed by atoms with Gasteiger partial charge < -0.3 is 5.73 Å². The summed E-state index contributed by atoms with van der Waals surface area (Å²) in [4.78, 5) is 0. The van der Waals surface area contributed by atoms with Gasteiger partial charge in [-0.2, -0.15) is 5.10 Å². The zero-order valence-electron chi connectivity index (χ0n) is 10.4. The summed E-state index contributed by atoms with van der Waals surface area (Å²) >= 11 is 2.23. The van der Waals surface area contributed by atoms with Gasteiger partial charge in [0.2, 0.25) is 0 Å². The number of hydrogen-bond acceptors (Lipinski definition) is 2. The number of rotatable bonds is 2. The van der Waals surface area contributed by atoms with Crippen LogP contribution in [0.3, 0.4) is 0 Å². The minimum atomic E-state index is -0.313. The number of nitrogens with one attached hydrogen (secondary N) is 1. The van der Waals surface area contributed by atoms with Crippen molar-refractivity contribution in [3.63, 3.8) is 0 Å².